The first-order valence-electron chi connectivity index (χ1n) is 8.42. The summed E-state index contributed by atoms with van der Waals surface area (Å²) in [6.07, 6.45) is 5.94. The number of hydrogen-bond donors (Lipinski definition) is 1. The number of hydrogen-bond acceptors (Lipinski definition) is 4. The molecule has 1 aliphatic carbocycles. The molecule has 20 heavy (non-hydrogen) atoms. The van der Waals surface area contributed by atoms with E-state index in [-0.39, 0.29) is 6.10 Å². The van der Waals surface area contributed by atoms with Gasteiger partial charge in [0, 0.05) is 32.7 Å². The Balaban J connectivity index is 1.56. The van der Waals surface area contributed by atoms with Gasteiger partial charge in [0.25, 0.3) is 0 Å². The van der Waals surface area contributed by atoms with Crippen LogP contribution in [0.25, 0.3) is 0 Å². The molecule has 0 aromatic rings. The van der Waals surface area contributed by atoms with Gasteiger partial charge < -0.3 is 19.8 Å². The van der Waals surface area contributed by atoms with Crippen LogP contribution in [0.5, 0.6) is 0 Å². The van der Waals surface area contributed by atoms with E-state index < -0.39 is 0 Å². The largest absolute Gasteiger partial charge is 0.393 e. The average Bonchev–Trinajstić information content (AvgIpc) is 2.44. The number of piperazine rings is 1. The Hall–Kier alpha value is -0.160. The van der Waals surface area contributed by atoms with Crippen LogP contribution in [0.3, 0.4) is 0 Å². The van der Waals surface area contributed by atoms with Crippen molar-refractivity contribution in [1.82, 2.24) is 14.7 Å². The molecule has 0 radical (unpaired) electrons. The molecule has 4 heteroatoms. The summed E-state index contributed by atoms with van der Waals surface area (Å²) in [5.41, 5.74) is 0. The van der Waals surface area contributed by atoms with E-state index in [2.05, 4.69) is 28.8 Å². The third-order valence-electron chi connectivity index (χ3n) is 5.03. The summed E-state index contributed by atoms with van der Waals surface area (Å²) in [5, 5.41) is 10.0. The molecule has 2 aliphatic rings. The quantitative estimate of drug-likeness (QED) is 0.791. The van der Waals surface area contributed by atoms with Crippen LogP contribution >= 0.6 is 0 Å². The molecule has 1 saturated carbocycles. The van der Waals surface area contributed by atoms with E-state index in [1.807, 2.05) is 0 Å². The fourth-order valence-corrected chi connectivity index (χ4v) is 3.53. The van der Waals surface area contributed by atoms with Crippen LogP contribution < -0.4 is 0 Å². The molecule has 1 aliphatic heterocycles. The normalized spacial score (nSPS) is 30.0. The van der Waals surface area contributed by atoms with Crippen molar-refractivity contribution in [3.05, 3.63) is 0 Å². The second-order valence-corrected chi connectivity index (χ2v) is 6.87. The standard InChI is InChI=1S/C16H33N3O/c1-17-10-12-19(13-11-17)9-5-8-18(2)14-15-6-3-4-7-16(15)20/h15-16,20H,3-14H2,1-2H3. The highest BCUT2D eigenvalue weighted by molar-refractivity contribution is 4.77. The molecule has 0 aromatic heterocycles. The van der Waals surface area contributed by atoms with Gasteiger partial charge in [-0.05, 0) is 52.4 Å². The van der Waals surface area contributed by atoms with Crippen molar-refractivity contribution in [2.24, 2.45) is 5.92 Å². The SMILES string of the molecule is CN1CCN(CCCN(C)CC2CCCCC2O)CC1. The molecule has 1 heterocycles. The maximum atomic E-state index is 10.0. The maximum Gasteiger partial charge on any atom is 0.0580 e. The highest BCUT2D eigenvalue weighted by Crippen LogP contribution is 2.24. The van der Waals surface area contributed by atoms with Crippen LogP contribution in [0.1, 0.15) is 32.1 Å². The van der Waals surface area contributed by atoms with E-state index in [1.165, 1.54) is 58.4 Å². The van der Waals surface area contributed by atoms with Crippen molar-refractivity contribution in [1.29, 1.82) is 0 Å². The summed E-state index contributed by atoms with van der Waals surface area (Å²) in [6, 6.07) is 0. The van der Waals surface area contributed by atoms with Crippen molar-refractivity contribution < 1.29 is 5.11 Å². The van der Waals surface area contributed by atoms with E-state index in [9.17, 15) is 5.11 Å². The van der Waals surface area contributed by atoms with Gasteiger partial charge >= 0.3 is 0 Å². The number of aliphatic hydroxyl groups excluding tert-OH is 1. The number of rotatable bonds is 6. The molecule has 2 atom stereocenters. The minimum absolute atomic E-state index is 0.0520. The van der Waals surface area contributed by atoms with Gasteiger partial charge in [-0.25, -0.2) is 0 Å². The summed E-state index contributed by atoms with van der Waals surface area (Å²) in [4.78, 5) is 7.42. The molecular formula is C16H33N3O. The molecule has 0 spiro atoms. The van der Waals surface area contributed by atoms with E-state index in [0.717, 1.165) is 19.5 Å². The van der Waals surface area contributed by atoms with E-state index in [0.29, 0.717) is 5.92 Å². The van der Waals surface area contributed by atoms with Crippen LogP contribution in [-0.4, -0.2) is 85.8 Å². The lowest BCUT2D eigenvalue weighted by Crippen LogP contribution is -2.45. The lowest BCUT2D eigenvalue weighted by atomic mass is 9.86. The van der Waals surface area contributed by atoms with Gasteiger partial charge in [-0.1, -0.05) is 12.8 Å². The van der Waals surface area contributed by atoms with Gasteiger partial charge in [-0.2, -0.15) is 0 Å². The summed E-state index contributed by atoms with van der Waals surface area (Å²) < 4.78 is 0. The van der Waals surface area contributed by atoms with Gasteiger partial charge in [0.2, 0.25) is 0 Å². The predicted octanol–water partition coefficient (Wildman–Crippen LogP) is 1.11. The van der Waals surface area contributed by atoms with Gasteiger partial charge in [-0.3, -0.25) is 0 Å². The van der Waals surface area contributed by atoms with Crippen molar-refractivity contribution in [2.75, 3.05) is 59.9 Å². The Morgan fingerprint density at radius 1 is 1.10 bits per heavy atom. The Morgan fingerprint density at radius 2 is 1.80 bits per heavy atom. The van der Waals surface area contributed by atoms with Gasteiger partial charge in [0.1, 0.15) is 0 Å². The first kappa shape index (κ1) is 16.2. The molecule has 2 unspecified atom stereocenters. The van der Waals surface area contributed by atoms with E-state index in [1.54, 1.807) is 0 Å². The van der Waals surface area contributed by atoms with E-state index >= 15 is 0 Å². The molecule has 1 saturated heterocycles. The number of likely N-dealkylation sites (N-methyl/N-ethyl adjacent to an activating group) is 1. The minimum atomic E-state index is -0.0520. The molecular weight excluding hydrogens is 250 g/mol. The monoisotopic (exact) mass is 283 g/mol. The summed E-state index contributed by atoms with van der Waals surface area (Å²) in [7, 11) is 4.42. The van der Waals surface area contributed by atoms with Crippen LogP contribution in [0.2, 0.25) is 0 Å². The van der Waals surface area contributed by atoms with Crippen LogP contribution in [-0.2, 0) is 0 Å². The summed E-state index contributed by atoms with van der Waals surface area (Å²) >= 11 is 0. The molecule has 2 fully saturated rings. The highest BCUT2D eigenvalue weighted by atomic mass is 16.3. The smallest absolute Gasteiger partial charge is 0.0580 e. The zero-order valence-electron chi connectivity index (χ0n) is 13.4. The highest BCUT2D eigenvalue weighted by Gasteiger charge is 2.24. The molecule has 0 aromatic carbocycles. The Morgan fingerprint density at radius 3 is 2.50 bits per heavy atom. The van der Waals surface area contributed by atoms with Crippen LogP contribution in [0, 0.1) is 5.92 Å². The molecule has 118 valence electrons. The Labute approximate surface area is 124 Å². The maximum absolute atomic E-state index is 10.0. The van der Waals surface area contributed by atoms with Gasteiger partial charge in [-0.15, -0.1) is 0 Å². The average molecular weight is 283 g/mol. The van der Waals surface area contributed by atoms with Crippen molar-refractivity contribution >= 4 is 0 Å². The molecule has 1 N–H and O–H groups in total. The Kier molecular flexibility index (Phi) is 6.75. The lowest BCUT2D eigenvalue weighted by Gasteiger charge is -2.33. The molecule has 4 nitrogen and oxygen atoms in total. The Bertz CT molecular complexity index is 266. The molecule has 2 rings (SSSR count). The second kappa shape index (κ2) is 8.32. The van der Waals surface area contributed by atoms with E-state index in [4.69, 9.17) is 0 Å². The second-order valence-electron chi connectivity index (χ2n) is 6.87. The number of aliphatic hydroxyl groups is 1. The lowest BCUT2D eigenvalue weighted by molar-refractivity contribution is 0.0504. The zero-order valence-corrected chi connectivity index (χ0v) is 13.4. The van der Waals surface area contributed by atoms with Crippen LogP contribution in [0.4, 0.5) is 0 Å². The zero-order chi connectivity index (χ0) is 14.4. The topological polar surface area (TPSA) is 30.0 Å². The first-order valence-corrected chi connectivity index (χ1v) is 8.42. The first-order chi connectivity index (χ1) is 9.65. The minimum Gasteiger partial charge on any atom is -0.393 e. The van der Waals surface area contributed by atoms with Gasteiger partial charge in [0.15, 0.2) is 0 Å². The van der Waals surface area contributed by atoms with Gasteiger partial charge in [0.05, 0.1) is 6.10 Å². The van der Waals surface area contributed by atoms with Crippen molar-refractivity contribution in [2.45, 2.75) is 38.2 Å². The predicted molar refractivity (Wildman–Crippen MR) is 84.0 cm³/mol. The fourth-order valence-electron chi connectivity index (χ4n) is 3.53. The molecule has 0 amide bonds. The van der Waals surface area contributed by atoms with Crippen LogP contribution in [0.15, 0.2) is 0 Å². The van der Waals surface area contributed by atoms with Crippen molar-refractivity contribution in [3.8, 4) is 0 Å². The third kappa shape index (κ3) is 5.32. The molecule has 0 bridgehead atoms. The fraction of sp³-hybridized carbons (Fsp3) is 1.00. The van der Waals surface area contributed by atoms with Crippen molar-refractivity contribution in [3.63, 3.8) is 0 Å². The summed E-state index contributed by atoms with van der Waals surface area (Å²) in [5.74, 6) is 0.511. The third-order valence-corrected chi connectivity index (χ3v) is 5.03. The number of nitrogens with zero attached hydrogens (tertiary/aromatic N) is 3. The summed E-state index contributed by atoms with van der Waals surface area (Å²) in [6.45, 7) is 8.34.